The summed E-state index contributed by atoms with van der Waals surface area (Å²) in [6, 6.07) is 6.67. The van der Waals surface area contributed by atoms with Crippen LogP contribution in [0.25, 0.3) is 6.08 Å². The van der Waals surface area contributed by atoms with Crippen LogP contribution in [0.5, 0.6) is 0 Å². The summed E-state index contributed by atoms with van der Waals surface area (Å²) in [6.07, 6.45) is 3.32. The molecule has 0 saturated carbocycles. The molecule has 0 atom stereocenters. The largest absolute Gasteiger partial charge is 0.337 e. The van der Waals surface area contributed by atoms with E-state index < -0.39 is 10.0 Å². The van der Waals surface area contributed by atoms with Crippen LogP contribution in [0.4, 0.5) is 0 Å². The third-order valence-electron chi connectivity index (χ3n) is 4.95. The topological polar surface area (TPSA) is 60.9 Å². The van der Waals surface area contributed by atoms with Crippen molar-refractivity contribution in [3.8, 4) is 0 Å². The lowest BCUT2D eigenvalue weighted by atomic mass is 10.2. The van der Waals surface area contributed by atoms with Crippen molar-refractivity contribution in [1.82, 2.24) is 14.1 Å². The van der Waals surface area contributed by atoms with Crippen molar-refractivity contribution in [1.29, 1.82) is 0 Å². The average molecular weight is 408 g/mol. The summed E-state index contributed by atoms with van der Waals surface area (Å²) in [5, 5.41) is 0. The third kappa shape index (κ3) is 5.90. The smallest absolute Gasteiger partial charge is 0.246 e. The summed E-state index contributed by atoms with van der Waals surface area (Å²) in [6.45, 7) is 13.3. The van der Waals surface area contributed by atoms with Gasteiger partial charge in [-0.2, -0.15) is 4.31 Å². The third-order valence-corrected chi connectivity index (χ3v) is 7.01. The standard InChI is InChI=1S/C21H33N3O3S/c1-5-24(6-2)28(26,27)20-10-7-19(8-11-20)9-12-21(25)23-15-13-22(14-16-23)17-18(3)4/h7-12,18H,5-6,13-17H2,1-4H3/b12-9+. The van der Waals surface area contributed by atoms with Gasteiger partial charge in [-0.15, -0.1) is 0 Å². The minimum atomic E-state index is -3.45. The van der Waals surface area contributed by atoms with Crippen molar-refractivity contribution in [2.75, 3.05) is 45.8 Å². The summed E-state index contributed by atoms with van der Waals surface area (Å²) < 4.78 is 26.5. The molecule has 6 nitrogen and oxygen atoms in total. The molecule has 0 N–H and O–H groups in total. The zero-order valence-corrected chi connectivity index (χ0v) is 18.3. The molecule has 1 aliphatic heterocycles. The molecule has 0 unspecified atom stereocenters. The first-order chi connectivity index (χ1) is 13.3. The Kier molecular flexibility index (Phi) is 8.22. The molecule has 1 aromatic rings. The highest BCUT2D eigenvalue weighted by Crippen LogP contribution is 2.17. The molecule has 156 valence electrons. The lowest BCUT2D eigenvalue weighted by molar-refractivity contribution is -0.127. The molecule has 1 aromatic carbocycles. The van der Waals surface area contributed by atoms with Gasteiger partial charge in [0, 0.05) is 51.9 Å². The molecule has 1 heterocycles. The molecule has 1 fully saturated rings. The second-order valence-corrected chi connectivity index (χ2v) is 9.45. The maximum atomic E-state index is 12.5. The van der Waals surface area contributed by atoms with Gasteiger partial charge in [0.2, 0.25) is 15.9 Å². The second kappa shape index (κ2) is 10.2. The fourth-order valence-electron chi connectivity index (χ4n) is 3.40. The van der Waals surface area contributed by atoms with E-state index in [1.54, 1.807) is 36.4 Å². The zero-order valence-electron chi connectivity index (χ0n) is 17.5. The first-order valence-corrected chi connectivity index (χ1v) is 11.5. The van der Waals surface area contributed by atoms with Gasteiger partial charge in [0.15, 0.2) is 0 Å². The molecule has 0 bridgehead atoms. The van der Waals surface area contributed by atoms with Crippen molar-refractivity contribution in [2.24, 2.45) is 5.92 Å². The predicted octanol–water partition coefficient (Wildman–Crippen LogP) is 2.53. The molecule has 0 radical (unpaired) electrons. The average Bonchev–Trinajstić information content (AvgIpc) is 2.67. The van der Waals surface area contributed by atoms with E-state index in [2.05, 4.69) is 18.7 Å². The molecular formula is C21H33N3O3S. The first kappa shape index (κ1) is 22.6. The van der Waals surface area contributed by atoms with Gasteiger partial charge in [-0.05, 0) is 29.7 Å². The highest BCUT2D eigenvalue weighted by atomic mass is 32.2. The number of hydrogen-bond donors (Lipinski definition) is 0. The fraction of sp³-hybridized carbons (Fsp3) is 0.571. The van der Waals surface area contributed by atoms with Crippen molar-refractivity contribution < 1.29 is 13.2 Å². The lowest BCUT2D eigenvalue weighted by Crippen LogP contribution is -2.49. The molecular weight excluding hydrogens is 374 g/mol. The van der Waals surface area contributed by atoms with E-state index in [9.17, 15) is 13.2 Å². The normalized spacial score (nSPS) is 16.4. The second-order valence-electron chi connectivity index (χ2n) is 7.51. The van der Waals surface area contributed by atoms with Gasteiger partial charge in [0.25, 0.3) is 0 Å². The highest BCUT2D eigenvalue weighted by Gasteiger charge is 2.21. The molecule has 7 heteroatoms. The highest BCUT2D eigenvalue weighted by molar-refractivity contribution is 7.89. The Bertz CT molecular complexity index is 761. The Balaban J connectivity index is 1.95. The SMILES string of the molecule is CCN(CC)S(=O)(=O)c1ccc(/C=C/C(=O)N2CCN(CC(C)C)CC2)cc1. The maximum Gasteiger partial charge on any atom is 0.246 e. The minimum absolute atomic E-state index is 0.00374. The van der Waals surface area contributed by atoms with E-state index in [1.807, 2.05) is 18.7 Å². The number of carbonyl (C=O) groups is 1. The number of nitrogens with zero attached hydrogens (tertiary/aromatic N) is 3. The molecule has 0 spiro atoms. The summed E-state index contributed by atoms with van der Waals surface area (Å²) in [5.41, 5.74) is 0.810. The van der Waals surface area contributed by atoms with Crippen molar-refractivity contribution >= 4 is 22.0 Å². The number of rotatable bonds is 8. The van der Waals surface area contributed by atoms with Crippen LogP contribution < -0.4 is 0 Å². The van der Waals surface area contributed by atoms with Gasteiger partial charge >= 0.3 is 0 Å². The van der Waals surface area contributed by atoms with Crippen molar-refractivity contribution in [2.45, 2.75) is 32.6 Å². The Morgan fingerprint density at radius 2 is 1.64 bits per heavy atom. The number of amides is 1. The Morgan fingerprint density at radius 1 is 1.07 bits per heavy atom. The first-order valence-electron chi connectivity index (χ1n) is 10.1. The number of carbonyl (C=O) groups excluding carboxylic acids is 1. The van der Waals surface area contributed by atoms with Gasteiger partial charge < -0.3 is 4.90 Å². The van der Waals surface area contributed by atoms with Gasteiger partial charge in [0.05, 0.1) is 4.90 Å². The van der Waals surface area contributed by atoms with E-state index in [0.29, 0.717) is 19.0 Å². The molecule has 1 amide bonds. The molecule has 28 heavy (non-hydrogen) atoms. The summed E-state index contributed by atoms with van der Waals surface area (Å²) >= 11 is 0. The maximum absolute atomic E-state index is 12.5. The van der Waals surface area contributed by atoms with Gasteiger partial charge in [-0.1, -0.05) is 39.8 Å². The number of piperazine rings is 1. The predicted molar refractivity (Wildman–Crippen MR) is 113 cm³/mol. The van der Waals surface area contributed by atoms with Crippen LogP contribution in [-0.2, 0) is 14.8 Å². The zero-order chi connectivity index (χ0) is 20.7. The van der Waals surface area contributed by atoms with Crippen LogP contribution in [-0.4, -0.2) is 74.2 Å². The van der Waals surface area contributed by atoms with Crippen LogP contribution in [0.3, 0.4) is 0 Å². The minimum Gasteiger partial charge on any atom is -0.337 e. The number of sulfonamides is 1. The van der Waals surface area contributed by atoms with E-state index in [1.165, 1.54) is 4.31 Å². The quantitative estimate of drug-likeness (QED) is 0.622. The molecule has 0 aromatic heterocycles. The van der Waals surface area contributed by atoms with E-state index >= 15 is 0 Å². The van der Waals surface area contributed by atoms with Crippen LogP contribution in [0.2, 0.25) is 0 Å². The molecule has 2 rings (SSSR count). The van der Waals surface area contributed by atoms with Crippen molar-refractivity contribution in [3.63, 3.8) is 0 Å². The Labute approximate surface area is 169 Å². The Morgan fingerprint density at radius 3 is 2.14 bits per heavy atom. The van der Waals surface area contributed by atoms with Crippen LogP contribution in [0.15, 0.2) is 35.2 Å². The van der Waals surface area contributed by atoms with Crippen LogP contribution >= 0.6 is 0 Å². The van der Waals surface area contributed by atoms with Gasteiger partial charge in [-0.25, -0.2) is 8.42 Å². The van der Waals surface area contributed by atoms with E-state index in [4.69, 9.17) is 0 Å². The van der Waals surface area contributed by atoms with Crippen molar-refractivity contribution in [3.05, 3.63) is 35.9 Å². The van der Waals surface area contributed by atoms with Crippen LogP contribution in [0, 0.1) is 5.92 Å². The number of hydrogen-bond acceptors (Lipinski definition) is 4. The molecule has 1 saturated heterocycles. The van der Waals surface area contributed by atoms with Gasteiger partial charge in [-0.3, -0.25) is 9.69 Å². The fourth-order valence-corrected chi connectivity index (χ4v) is 4.86. The molecule has 0 aliphatic carbocycles. The van der Waals surface area contributed by atoms with Crippen LogP contribution in [0.1, 0.15) is 33.3 Å². The van der Waals surface area contributed by atoms with E-state index in [0.717, 1.165) is 38.3 Å². The summed E-state index contributed by atoms with van der Waals surface area (Å²) in [4.78, 5) is 17.0. The Hall–Kier alpha value is -1.70. The monoisotopic (exact) mass is 407 g/mol. The van der Waals surface area contributed by atoms with Gasteiger partial charge in [0.1, 0.15) is 0 Å². The summed E-state index contributed by atoms with van der Waals surface area (Å²) in [7, 11) is -3.45. The number of benzene rings is 1. The lowest BCUT2D eigenvalue weighted by Gasteiger charge is -2.35. The molecule has 1 aliphatic rings. The van der Waals surface area contributed by atoms with E-state index in [-0.39, 0.29) is 10.8 Å². The summed E-state index contributed by atoms with van der Waals surface area (Å²) in [5.74, 6) is 0.639.